The molecule has 2 aromatic carbocycles. The predicted molar refractivity (Wildman–Crippen MR) is 98.7 cm³/mol. The van der Waals surface area contributed by atoms with Crippen LogP contribution in [0.1, 0.15) is 28.7 Å². The van der Waals surface area contributed by atoms with Crippen LogP contribution in [0.15, 0.2) is 47.4 Å². The summed E-state index contributed by atoms with van der Waals surface area (Å²) in [5.41, 5.74) is 3.73. The van der Waals surface area contributed by atoms with E-state index in [-0.39, 0.29) is 23.8 Å². The van der Waals surface area contributed by atoms with E-state index in [0.717, 1.165) is 16.7 Å². The molecule has 2 aromatic rings. The van der Waals surface area contributed by atoms with Gasteiger partial charge in [-0.2, -0.15) is 0 Å². The zero-order chi connectivity index (χ0) is 18.4. The molecule has 0 heterocycles. The van der Waals surface area contributed by atoms with Crippen molar-refractivity contribution < 1.29 is 13.2 Å². The lowest BCUT2D eigenvalue weighted by Crippen LogP contribution is -2.31. The molecule has 2 N–H and O–H groups in total. The Labute approximate surface area is 149 Å². The first kappa shape index (κ1) is 19.1. The maximum Gasteiger partial charge on any atom is 0.240 e. The summed E-state index contributed by atoms with van der Waals surface area (Å²) in [6.07, 6.45) is 0.0932. The molecule has 25 heavy (non-hydrogen) atoms. The number of rotatable bonds is 7. The van der Waals surface area contributed by atoms with Gasteiger partial charge in [0.05, 0.1) is 4.90 Å². The molecule has 0 spiro atoms. The molecule has 2 rings (SSSR count). The third kappa shape index (κ3) is 5.69. The number of carbonyl (C=O) groups is 1. The van der Waals surface area contributed by atoms with Gasteiger partial charge in [0.15, 0.2) is 0 Å². The van der Waals surface area contributed by atoms with Crippen LogP contribution >= 0.6 is 0 Å². The van der Waals surface area contributed by atoms with Crippen LogP contribution in [0.5, 0.6) is 0 Å². The van der Waals surface area contributed by atoms with E-state index in [4.69, 9.17) is 0 Å². The Hall–Kier alpha value is -2.18. The van der Waals surface area contributed by atoms with E-state index in [1.54, 1.807) is 19.1 Å². The van der Waals surface area contributed by atoms with E-state index in [0.29, 0.717) is 12.1 Å². The first-order chi connectivity index (χ1) is 11.8. The number of amides is 1. The van der Waals surface area contributed by atoms with Crippen LogP contribution < -0.4 is 10.0 Å². The summed E-state index contributed by atoms with van der Waals surface area (Å²) in [6, 6.07) is 13.2. The molecule has 5 nitrogen and oxygen atoms in total. The fourth-order valence-electron chi connectivity index (χ4n) is 2.37. The molecule has 0 aliphatic heterocycles. The molecule has 0 unspecified atom stereocenters. The monoisotopic (exact) mass is 360 g/mol. The zero-order valence-electron chi connectivity index (χ0n) is 14.8. The number of hydrogen-bond donors (Lipinski definition) is 2. The second-order valence-corrected chi connectivity index (χ2v) is 7.91. The average Bonchev–Trinajstić information content (AvgIpc) is 2.56. The highest BCUT2D eigenvalue weighted by Gasteiger charge is 2.16. The number of benzene rings is 2. The van der Waals surface area contributed by atoms with Crippen LogP contribution in [0.2, 0.25) is 0 Å². The Kier molecular flexibility index (Phi) is 6.33. The van der Waals surface area contributed by atoms with Gasteiger partial charge in [-0.3, -0.25) is 4.79 Å². The topological polar surface area (TPSA) is 75.3 Å². The van der Waals surface area contributed by atoms with Crippen LogP contribution in [0.4, 0.5) is 0 Å². The summed E-state index contributed by atoms with van der Waals surface area (Å²) in [5, 5.41) is 2.79. The van der Waals surface area contributed by atoms with E-state index in [2.05, 4.69) is 10.0 Å². The fraction of sp³-hybridized carbons (Fsp3) is 0.316. The molecule has 0 saturated carbocycles. The standard InChI is InChI=1S/C19H24N2O3S/c1-14-5-8-17(9-6-14)13-20-19(22)10-11-21-25(23,24)18-12-15(2)4-7-16(18)3/h4-9,12,21H,10-11,13H2,1-3H3,(H,20,22). The number of sulfonamides is 1. The highest BCUT2D eigenvalue weighted by molar-refractivity contribution is 7.89. The maximum absolute atomic E-state index is 12.4. The lowest BCUT2D eigenvalue weighted by molar-refractivity contribution is -0.121. The molecule has 1 amide bonds. The lowest BCUT2D eigenvalue weighted by atomic mass is 10.1. The largest absolute Gasteiger partial charge is 0.352 e. The van der Waals surface area contributed by atoms with E-state index in [1.807, 2.05) is 44.2 Å². The second kappa shape index (κ2) is 8.27. The molecule has 0 aromatic heterocycles. The van der Waals surface area contributed by atoms with Crippen LogP contribution in [-0.4, -0.2) is 20.9 Å². The van der Waals surface area contributed by atoms with Crippen molar-refractivity contribution in [2.45, 2.75) is 38.6 Å². The van der Waals surface area contributed by atoms with Gasteiger partial charge in [0.2, 0.25) is 15.9 Å². The Morgan fingerprint density at radius 3 is 2.28 bits per heavy atom. The quantitative estimate of drug-likeness (QED) is 0.797. The van der Waals surface area contributed by atoms with Gasteiger partial charge in [-0.05, 0) is 43.5 Å². The molecular weight excluding hydrogens is 336 g/mol. The van der Waals surface area contributed by atoms with Crippen molar-refractivity contribution in [2.75, 3.05) is 6.54 Å². The highest BCUT2D eigenvalue weighted by atomic mass is 32.2. The summed E-state index contributed by atoms with van der Waals surface area (Å²) in [6.45, 7) is 6.10. The number of aryl methyl sites for hydroxylation is 3. The first-order valence-electron chi connectivity index (χ1n) is 8.17. The average molecular weight is 360 g/mol. The van der Waals surface area contributed by atoms with Gasteiger partial charge in [0, 0.05) is 19.5 Å². The highest BCUT2D eigenvalue weighted by Crippen LogP contribution is 2.16. The number of carbonyl (C=O) groups excluding carboxylic acids is 1. The minimum absolute atomic E-state index is 0.0649. The molecule has 0 aliphatic carbocycles. The molecule has 6 heteroatoms. The normalized spacial score (nSPS) is 11.3. The van der Waals surface area contributed by atoms with Gasteiger partial charge in [0.1, 0.15) is 0 Å². The fourth-order valence-corrected chi connectivity index (χ4v) is 3.73. The number of nitrogens with one attached hydrogen (secondary N) is 2. The van der Waals surface area contributed by atoms with Crippen molar-refractivity contribution in [2.24, 2.45) is 0 Å². The van der Waals surface area contributed by atoms with Crippen molar-refractivity contribution >= 4 is 15.9 Å². The Balaban J connectivity index is 1.83. The van der Waals surface area contributed by atoms with Crippen molar-refractivity contribution in [3.05, 3.63) is 64.7 Å². The molecule has 134 valence electrons. The summed E-state index contributed by atoms with van der Waals surface area (Å²) in [5.74, 6) is -0.191. The first-order valence-corrected chi connectivity index (χ1v) is 9.65. The Morgan fingerprint density at radius 1 is 0.960 bits per heavy atom. The summed E-state index contributed by atoms with van der Waals surface area (Å²) < 4.78 is 27.2. The van der Waals surface area contributed by atoms with Crippen molar-refractivity contribution in [3.63, 3.8) is 0 Å². The predicted octanol–water partition coefficient (Wildman–Crippen LogP) is 2.60. The molecular formula is C19H24N2O3S. The van der Waals surface area contributed by atoms with Crippen LogP contribution in [0, 0.1) is 20.8 Å². The molecule has 0 radical (unpaired) electrons. The Bertz CT molecular complexity index is 843. The van der Waals surface area contributed by atoms with Gasteiger partial charge >= 0.3 is 0 Å². The van der Waals surface area contributed by atoms with Crippen LogP contribution in [-0.2, 0) is 21.4 Å². The number of hydrogen-bond acceptors (Lipinski definition) is 3. The maximum atomic E-state index is 12.4. The van der Waals surface area contributed by atoms with Gasteiger partial charge in [0.25, 0.3) is 0 Å². The van der Waals surface area contributed by atoms with Gasteiger partial charge in [-0.1, -0.05) is 42.0 Å². The minimum atomic E-state index is -3.61. The molecule has 0 bridgehead atoms. The van der Waals surface area contributed by atoms with Crippen LogP contribution in [0.3, 0.4) is 0 Å². The van der Waals surface area contributed by atoms with E-state index in [1.165, 1.54) is 0 Å². The van der Waals surface area contributed by atoms with Crippen molar-refractivity contribution in [3.8, 4) is 0 Å². The zero-order valence-corrected chi connectivity index (χ0v) is 15.6. The molecule has 0 fully saturated rings. The van der Waals surface area contributed by atoms with Gasteiger partial charge in [-0.15, -0.1) is 0 Å². The van der Waals surface area contributed by atoms with E-state index in [9.17, 15) is 13.2 Å². The molecule has 0 aliphatic rings. The van der Waals surface area contributed by atoms with E-state index < -0.39 is 10.0 Å². The van der Waals surface area contributed by atoms with E-state index >= 15 is 0 Å². The van der Waals surface area contributed by atoms with Crippen LogP contribution in [0.25, 0.3) is 0 Å². The van der Waals surface area contributed by atoms with Crippen molar-refractivity contribution in [1.29, 1.82) is 0 Å². The molecule has 0 atom stereocenters. The Morgan fingerprint density at radius 2 is 1.60 bits per heavy atom. The summed E-state index contributed by atoms with van der Waals surface area (Å²) in [7, 11) is -3.61. The third-order valence-corrected chi connectivity index (χ3v) is 5.49. The summed E-state index contributed by atoms with van der Waals surface area (Å²) >= 11 is 0. The smallest absolute Gasteiger partial charge is 0.240 e. The van der Waals surface area contributed by atoms with Gasteiger partial charge in [-0.25, -0.2) is 13.1 Å². The second-order valence-electron chi connectivity index (χ2n) is 6.18. The SMILES string of the molecule is Cc1ccc(CNC(=O)CCNS(=O)(=O)c2cc(C)ccc2C)cc1. The molecule has 0 saturated heterocycles. The van der Waals surface area contributed by atoms with Crippen molar-refractivity contribution in [1.82, 2.24) is 10.0 Å². The third-order valence-electron chi connectivity index (χ3n) is 3.89. The minimum Gasteiger partial charge on any atom is -0.352 e. The lowest BCUT2D eigenvalue weighted by Gasteiger charge is -2.10. The summed E-state index contributed by atoms with van der Waals surface area (Å²) in [4.78, 5) is 12.1. The van der Waals surface area contributed by atoms with Gasteiger partial charge < -0.3 is 5.32 Å².